The second-order valence-electron chi connectivity index (χ2n) is 23.8. The number of terminal acetylenes is 1. The molecule has 0 heterocycles. The Hall–Kier alpha value is -5.34. The Kier molecular flexibility index (Phi) is 24.5. The number of nitrogens with zero attached hydrogens (tertiary/aromatic N) is 1. The molecular weight excluding hydrogens is 823 g/mol. The van der Waals surface area contributed by atoms with Crippen LogP contribution in [0.1, 0.15) is 137 Å². The molecule has 0 saturated heterocycles. The molecule has 5 rings (SSSR count). The zero-order chi connectivity index (χ0) is 51.2. The first-order valence-electron chi connectivity index (χ1n) is 23.8. The lowest BCUT2D eigenvalue weighted by atomic mass is 9.88. The molecule has 0 aliphatic heterocycles. The van der Waals surface area contributed by atoms with Crippen LogP contribution in [-0.2, 0) is 32.1 Å². The van der Waals surface area contributed by atoms with Crippen molar-refractivity contribution < 1.29 is 19.3 Å². The van der Waals surface area contributed by atoms with Gasteiger partial charge in [0.05, 0.1) is 21.3 Å². The van der Waals surface area contributed by atoms with Crippen LogP contribution >= 0.6 is 0 Å². The Bertz CT molecular complexity index is 2160. The summed E-state index contributed by atoms with van der Waals surface area (Å²) in [6, 6.07) is 38.6. The number of rotatable bonds is 9. The quantitative estimate of drug-likeness (QED) is 0.149. The molecule has 0 aliphatic carbocycles. The van der Waals surface area contributed by atoms with E-state index >= 15 is 0 Å². The minimum absolute atomic E-state index is 0.250. The maximum Gasteiger partial charge on any atom is 0.122 e. The van der Waals surface area contributed by atoms with Crippen LogP contribution < -0.4 is 19.1 Å². The van der Waals surface area contributed by atoms with Crippen LogP contribution in [-0.4, -0.2) is 40.5 Å². The van der Waals surface area contributed by atoms with Gasteiger partial charge in [0, 0.05) is 25.3 Å². The smallest absolute Gasteiger partial charge is 0.122 e. The van der Waals surface area contributed by atoms with Gasteiger partial charge in [-0.05, 0) is 154 Å². The van der Waals surface area contributed by atoms with Crippen molar-refractivity contribution in [1.29, 1.82) is 0 Å². The Morgan fingerprint density at radius 2 is 0.836 bits per heavy atom. The van der Waals surface area contributed by atoms with E-state index in [1.807, 2.05) is 54.6 Å². The maximum atomic E-state index is 9.05. The number of hydrogen-bond donors (Lipinski definition) is 1. The lowest BCUT2D eigenvalue weighted by Crippen LogP contribution is -2.11. The fourth-order valence-corrected chi connectivity index (χ4v) is 7.06. The molecule has 0 bridgehead atoms. The molecule has 368 valence electrons. The van der Waals surface area contributed by atoms with E-state index in [9.17, 15) is 0 Å². The second-order valence-corrected chi connectivity index (χ2v) is 23.8. The first kappa shape index (κ1) is 59.7. The second kappa shape index (κ2) is 27.5. The van der Waals surface area contributed by atoms with Gasteiger partial charge < -0.3 is 24.2 Å². The summed E-state index contributed by atoms with van der Waals surface area (Å²) < 4.78 is 15.6. The van der Waals surface area contributed by atoms with Crippen LogP contribution in [0.2, 0.25) is 0 Å². The van der Waals surface area contributed by atoms with Crippen LogP contribution in [0.4, 0.5) is 5.69 Å². The van der Waals surface area contributed by atoms with Crippen molar-refractivity contribution in [2.24, 2.45) is 27.1 Å². The van der Waals surface area contributed by atoms with Gasteiger partial charge in [-0.15, -0.1) is 6.42 Å². The van der Waals surface area contributed by atoms with Gasteiger partial charge >= 0.3 is 0 Å². The standard InChI is InChI=1S/C13H21N.C13H20O2.C13H16.C12H18O.C11H16O/c1-13(2,3)10-11-7-6-8-12(9-11)14(4)5;1-13(2,3)9-10-8-11(14-4)6-7-12(10)15-5;1-5-11-6-8-12(9-7-11)10-13(2,3)4;1-12(2,3)9-10-5-7-11(13-4)8-6-10;1-11(2,3)8-9-4-6-10(12)7-5-9/h6-9H,10H2,1-5H3;6-8H,9H2,1-5H3;1,6-9H,10H2,2-4H3;5-8H,9H2,1-4H3;4-7,12H,8H2,1-3H3. The number of hydrogen-bond acceptors (Lipinski definition) is 5. The van der Waals surface area contributed by atoms with E-state index in [0.717, 1.165) is 54.9 Å². The van der Waals surface area contributed by atoms with Gasteiger partial charge in [0.2, 0.25) is 0 Å². The van der Waals surface area contributed by atoms with Crippen LogP contribution in [0.25, 0.3) is 0 Å². The molecule has 5 aromatic carbocycles. The molecule has 5 nitrogen and oxygen atoms in total. The minimum atomic E-state index is 0.250. The first-order chi connectivity index (χ1) is 30.8. The van der Waals surface area contributed by atoms with E-state index in [4.69, 9.17) is 25.7 Å². The molecule has 0 fully saturated rings. The molecule has 0 radical (unpaired) electrons. The molecule has 1 N–H and O–H groups in total. The van der Waals surface area contributed by atoms with E-state index < -0.39 is 0 Å². The lowest BCUT2D eigenvalue weighted by molar-refractivity contribution is 0.373. The molecule has 0 aliphatic rings. The van der Waals surface area contributed by atoms with Gasteiger partial charge in [0.15, 0.2) is 0 Å². The van der Waals surface area contributed by atoms with Gasteiger partial charge in [0.1, 0.15) is 23.0 Å². The first-order valence-corrected chi connectivity index (χ1v) is 23.8. The normalized spacial score (nSPS) is 11.3. The summed E-state index contributed by atoms with van der Waals surface area (Å²) >= 11 is 0. The Morgan fingerprint density at radius 3 is 1.21 bits per heavy atom. The summed E-state index contributed by atoms with van der Waals surface area (Å²) in [4.78, 5) is 2.14. The third-order valence-corrected chi connectivity index (χ3v) is 9.79. The number of ether oxygens (including phenoxy) is 3. The average Bonchev–Trinajstić information content (AvgIpc) is 3.20. The zero-order valence-electron chi connectivity index (χ0n) is 45.7. The van der Waals surface area contributed by atoms with E-state index in [0.29, 0.717) is 27.4 Å². The van der Waals surface area contributed by atoms with Crippen molar-refractivity contribution in [3.63, 3.8) is 0 Å². The Balaban J connectivity index is 0.000000420. The van der Waals surface area contributed by atoms with E-state index in [1.54, 1.807) is 33.5 Å². The highest BCUT2D eigenvalue weighted by atomic mass is 16.5. The van der Waals surface area contributed by atoms with Crippen LogP contribution in [0, 0.1) is 39.4 Å². The number of anilines is 1. The third kappa shape index (κ3) is 29.1. The van der Waals surface area contributed by atoms with Gasteiger partial charge in [-0.1, -0.05) is 158 Å². The lowest BCUT2D eigenvalue weighted by Gasteiger charge is -2.20. The Labute approximate surface area is 410 Å². The molecule has 0 aromatic heterocycles. The van der Waals surface area contributed by atoms with Crippen LogP contribution in [0.15, 0.2) is 115 Å². The van der Waals surface area contributed by atoms with Crippen LogP contribution in [0.5, 0.6) is 23.0 Å². The highest BCUT2D eigenvalue weighted by Crippen LogP contribution is 2.31. The van der Waals surface area contributed by atoms with Gasteiger partial charge in [-0.2, -0.15) is 0 Å². The highest BCUT2D eigenvalue weighted by molar-refractivity contribution is 5.47. The predicted octanol–water partition coefficient (Wildman–Crippen LogP) is 16.2. The molecule has 67 heavy (non-hydrogen) atoms. The molecule has 0 unspecified atom stereocenters. The highest BCUT2D eigenvalue weighted by Gasteiger charge is 2.16. The summed E-state index contributed by atoms with van der Waals surface area (Å²) in [5.41, 5.74) is 10.5. The monoisotopic (exact) mass is 914 g/mol. The van der Waals surface area contributed by atoms with Gasteiger partial charge in [-0.3, -0.25) is 0 Å². The molecular formula is C62H91NO4. The van der Waals surface area contributed by atoms with E-state index in [-0.39, 0.29) is 5.41 Å². The summed E-state index contributed by atoms with van der Waals surface area (Å²) in [6.45, 7) is 33.5. The SMILES string of the molecule is C#Cc1ccc(CC(C)(C)C)cc1.CC(C)(C)Cc1ccc(O)cc1.CN(C)c1cccc(CC(C)(C)C)c1.COc1ccc(CC(C)(C)C)cc1.COc1ccc(OC)c(CC(C)(C)C)c1. The summed E-state index contributed by atoms with van der Waals surface area (Å²) in [5, 5.41) is 9.05. The fourth-order valence-electron chi connectivity index (χ4n) is 7.06. The van der Waals surface area contributed by atoms with Crippen molar-refractivity contribution in [3.05, 3.63) is 149 Å². The van der Waals surface area contributed by atoms with Crippen molar-refractivity contribution in [2.75, 3.05) is 40.3 Å². The number of phenolic OH excluding ortho intramolecular Hbond substituents is 1. The molecule has 0 spiro atoms. The predicted molar refractivity (Wildman–Crippen MR) is 292 cm³/mol. The van der Waals surface area contributed by atoms with Crippen molar-refractivity contribution in [3.8, 4) is 35.3 Å². The molecule has 0 atom stereocenters. The van der Waals surface area contributed by atoms with Crippen molar-refractivity contribution in [2.45, 2.75) is 136 Å². The topological polar surface area (TPSA) is 51.2 Å². The largest absolute Gasteiger partial charge is 0.508 e. The van der Waals surface area contributed by atoms with Gasteiger partial charge in [0.25, 0.3) is 0 Å². The zero-order valence-corrected chi connectivity index (χ0v) is 45.7. The number of methoxy groups -OCH3 is 3. The van der Waals surface area contributed by atoms with E-state index in [1.165, 1.54) is 33.5 Å². The molecule has 0 saturated carbocycles. The number of aromatic hydroxyl groups is 1. The van der Waals surface area contributed by atoms with Crippen LogP contribution in [0.3, 0.4) is 0 Å². The molecule has 0 amide bonds. The number of phenols is 1. The summed E-state index contributed by atoms with van der Waals surface area (Å²) in [6.07, 6.45) is 10.6. The summed E-state index contributed by atoms with van der Waals surface area (Å²) in [7, 11) is 9.24. The maximum absolute atomic E-state index is 9.05. The fraction of sp³-hybridized carbons (Fsp3) is 0.484. The third-order valence-electron chi connectivity index (χ3n) is 9.79. The van der Waals surface area contributed by atoms with E-state index in [2.05, 4.69) is 177 Å². The summed E-state index contributed by atoms with van der Waals surface area (Å²) in [5.74, 6) is 5.71. The average molecular weight is 914 g/mol. The number of benzene rings is 5. The molecule has 5 aromatic rings. The molecule has 5 heteroatoms. The van der Waals surface area contributed by atoms with Crippen molar-refractivity contribution >= 4 is 5.69 Å². The van der Waals surface area contributed by atoms with Gasteiger partial charge in [-0.25, -0.2) is 0 Å². The minimum Gasteiger partial charge on any atom is -0.508 e. The van der Waals surface area contributed by atoms with Crippen molar-refractivity contribution in [1.82, 2.24) is 0 Å². The Morgan fingerprint density at radius 1 is 0.448 bits per heavy atom.